The van der Waals surface area contributed by atoms with Gasteiger partial charge < -0.3 is 14.6 Å². The molecule has 0 spiro atoms. The van der Waals surface area contributed by atoms with Gasteiger partial charge in [-0.3, -0.25) is 4.79 Å². The zero-order chi connectivity index (χ0) is 15.2. The van der Waals surface area contributed by atoms with Crippen LogP contribution in [0.3, 0.4) is 0 Å². The van der Waals surface area contributed by atoms with Crippen LogP contribution in [-0.2, 0) is 0 Å². The van der Waals surface area contributed by atoms with Gasteiger partial charge in [0.1, 0.15) is 11.5 Å². The third-order valence-corrected chi connectivity index (χ3v) is 3.01. The van der Waals surface area contributed by atoms with E-state index in [9.17, 15) is 9.90 Å². The second-order valence-electron chi connectivity index (χ2n) is 4.33. The highest BCUT2D eigenvalue weighted by Gasteiger charge is 2.03. The van der Waals surface area contributed by atoms with Gasteiger partial charge in [-0.05, 0) is 48.0 Å². The van der Waals surface area contributed by atoms with E-state index < -0.39 is 0 Å². The Morgan fingerprint density at radius 2 is 1.29 bits per heavy atom. The van der Waals surface area contributed by atoms with Crippen LogP contribution in [0.4, 0.5) is 0 Å². The molecule has 0 saturated carbocycles. The van der Waals surface area contributed by atoms with Crippen molar-refractivity contribution in [3.8, 4) is 11.5 Å². The summed E-state index contributed by atoms with van der Waals surface area (Å²) in [7, 11) is 3.10. The lowest BCUT2D eigenvalue weighted by Crippen LogP contribution is -2.06. The van der Waals surface area contributed by atoms with Crippen LogP contribution in [0.25, 0.3) is 5.76 Å². The summed E-state index contributed by atoms with van der Waals surface area (Å²) in [5, 5.41) is 12.0. The maximum Gasteiger partial charge on any atom is 0.185 e. The Morgan fingerprint density at radius 3 is 1.71 bits per heavy atom. The standard InChI is InChI=1S/C17H16O4/c1-20-14-7-3-12(4-8-14)16(18)11-17(19)13-5-9-15(21-2)10-6-13/h3-11,18H,1-2H3/p-1/b16-11-. The van der Waals surface area contributed by atoms with Crippen molar-refractivity contribution in [3.63, 3.8) is 0 Å². The Kier molecular flexibility index (Phi) is 4.61. The molecule has 4 nitrogen and oxygen atoms in total. The molecule has 0 N–H and O–H groups in total. The second kappa shape index (κ2) is 6.61. The fourth-order valence-corrected chi connectivity index (χ4v) is 1.80. The predicted molar refractivity (Wildman–Crippen MR) is 78.3 cm³/mol. The Hall–Kier alpha value is -2.75. The van der Waals surface area contributed by atoms with E-state index in [0.29, 0.717) is 22.6 Å². The molecule has 0 radical (unpaired) electrons. The molecule has 4 heteroatoms. The van der Waals surface area contributed by atoms with Gasteiger partial charge in [0, 0.05) is 5.56 Å². The molecule has 0 unspecified atom stereocenters. The Labute approximate surface area is 123 Å². The average Bonchev–Trinajstić information content (AvgIpc) is 2.55. The van der Waals surface area contributed by atoms with E-state index in [-0.39, 0.29) is 11.5 Å². The summed E-state index contributed by atoms with van der Waals surface area (Å²) in [6, 6.07) is 13.2. The molecule has 108 valence electrons. The molecule has 0 heterocycles. The molecule has 0 amide bonds. The third kappa shape index (κ3) is 3.63. The number of rotatable bonds is 5. The number of methoxy groups -OCH3 is 2. The molecule has 2 rings (SSSR count). The minimum atomic E-state index is -0.335. The Bertz CT molecular complexity index is 639. The van der Waals surface area contributed by atoms with Gasteiger partial charge in [0.05, 0.1) is 14.2 Å². The van der Waals surface area contributed by atoms with Gasteiger partial charge in [0.15, 0.2) is 5.78 Å². The molecule has 0 aliphatic rings. The van der Waals surface area contributed by atoms with Gasteiger partial charge in [-0.25, -0.2) is 0 Å². The van der Waals surface area contributed by atoms with E-state index in [2.05, 4.69) is 0 Å². The van der Waals surface area contributed by atoms with E-state index in [4.69, 9.17) is 9.47 Å². The maximum absolute atomic E-state index is 12.0. The first-order valence-corrected chi connectivity index (χ1v) is 6.35. The number of benzene rings is 2. The zero-order valence-electron chi connectivity index (χ0n) is 11.8. The molecule has 21 heavy (non-hydrogen) atoms. The first-order valence-electron chi connectivity index (χ1n) is 6.35. The van der Waals surface area contributed by atoms with Gasteiger partial charge in [-0.2, -0.15) is 0 Å². The summed E-state index contributed by atoms with van der Waals surface area (Å²) in [5.41, 5.74) is 0.885. The topological polar surface area (TPSA) is 58.6 Å². The average molecular weight is 283 g/mol. The SMILES string of the molecule is COc1ccc(C(=O)/C=C(\[O-])c2ccc(OC)cc2)cc1. The third-order valence-electron chi connectivity index (χ3n) is 3.01. The number of hydrogen-bond acceptors (Lipinski definition) is 4. The summed E-state index contributed by atoms with van der Waals surface area (Å²) in [4.78, 5) is 12.0. The van der Waals surface area contributed by atoms with Crippen molar-refractivity contribution in [1.29, 1.82) is 0 Å². The number of hydrogen-bond donors (Lipinski definition) is 0. The molecule has 2 aromatic rings. The highest BCUT2D eigenvalue weighted by Crippen LogP contribution is 2.17. The molecular formula is C17H15O4-. The van der Waals surface area contributed by atoms with E-state index >= 15 is 0 Å². The van der Waals surface area contributed by atoms with Crippen LogP contribution >= 0.6 is 0 Å². The first-order chi connectivity index (χ1) is 10.1. The van der Waals surface area contributed by atoms with Crippen molar-refractivity contribution in [2.45, 2.75) is 0 Å². The maximum atomic E-state index is 12.0. The minimum Gasteiger partial charge on any atom is -0.872 e. The number of ether oxygens (including phenoxy) is 2. The number of carbonyl (C=O) groups excluding carboxylic acids is 1. The summed E-state index contributed by atoms with van der Waals surface area (Å²) in [6.07, 6.45) is 1.09. The van der Waals surface area contributed by atoms with Crippen LogP contribution in [0.1, 0.15) is 15.9 Å². The van der Waals surface area contributed by atoms with Gasteiger partial charge in [-0.1, -0.05) is 17.9 Å². The van der Waals surface area contributed by atoms with E-state index in [1.54, 1.807) is 62.8 Å². The predicted octanol–water partition coefficient (Wildman–Crippen LogP) is 2.29. The Balaban J connectivity index is 2.17. The van der Waals surface area contributed by atoms with Gasteiger partial charge in [0.2, 0.25) is 0 Å². The molecule has 0 aromatic heterocycles. The normalized spacial score (nSPS) is 11.0. The summed E-state index contributed by atoms with van der Waals surface area (Å²) < 4.78 is 10.0. The van der Waals surface area contributed by atoms with Crippen molar-refractivity contribution in [2.24, 2.45) is 0 Å². The Morgan fingerprint density at radius 1 is 0.857 bits per heavy atom. The molecule has 0 bridgehead atoms. The summed E-state index contributed by atoms with van der Waals surface area (Å²) >= 11 is 0. The molecular weight excluding hydrogens is 268 g/mol. The zero-order valence-corrected chi connectivity index (χ0v) is 11.8. The van der Waals surface area contributed by atoms with Crippen LogP contribution < -0.4 is 14.6 Å². The fraction of sp³-hybridized carbons (Fsp3) is 0.118. The van der Waals surface area contributed by atoms with Gasteiger partial charge in [0.25, 0.3) is 0 Å². The van der Waals surface area contributed by atoms with Crippen LogP contribution in [0, 0.1) is 0 Å². The van der Waals surface area contributed by atoms with Crippen LogP contribution in [0.15, 0.2) is 54.6 Å². The first kappa shape index (κ1) is 14.7. The van der Waals surface area contributed by atoms with Crippen LogP contribution in [0.5, 0.6) is 11.5 Å². The van der Waals surface area contributed by atoms with E-state index in [1.807, 2.05) is 0 Å². The van der Waals surface area contributed by atoms with Crippen molar-refractivity contribution in [1.82, 2.24) is 0 Å². The number of carbonyl (C=O) groups is 1. The van der Waals surface area contributed by atoms with Gasteiger partial charge in [-0.15, -0.1) is 0 Å². The van der Waals surface area contributed by atoms with E-state index in [0.717, 1.165) is 6.08 Å². The van der Waals surface area contributed by atoms with Crippen LogP contribution in [-0.4, -0.2) is 20.0 Å². The van der Waals surface area contributed by atoms with Crippen LogP contribution in [0.2, 0.25) is 0 Å². The van der Waals surface area contributed by atoms with Crippen molar-refractivity contribution in [2.75, 3.05) is 14.2 Å². The molecule has 0 aliphatic carbocycles. The number of allylic oxidation sites excluding steroid dienone is 1. The highest BCUT2D eigenvalue weighted by molar-refractivity contribution is 6.07. The molecule has 0 atom stereocenters. The highest BCUT2D eigenvalue weighted by atomic mass is 16.5. The minimum absolute atomic E-state index is 0.335. The monoisotopic (exact) mass is 283 g/mol. The quantitative estimate of drug-likeness (QED) is 0.480. The fourth-order valence-electron chi connectivity index (χ4n) is 1.80. The van der Waals surface area contributed by atoms with E-state index in [1.165, 1.54) is 0 Å². The summed E-state index contributed by atoms with van der Waals surface area (Å²) in [6.45, 7) is 0. The molecule has 2 aromatic carbocycles. The lowest BCUT2D eigenvalue weighted by atomic mass is 10.1. The summed E-state index contributed by atoms with van der Waals surface area (Å²) in [5.74, 6) is 0.651. The lowest BCUT2D eigenvalue weighted by molar-refractivity contribution is -0.243. The molecule has 0 saturated heterocycles. The van der Waals surface area contributed by atoms with Crippen molar-refractivity contribution < 1.29 is 19.4 Å². The smallest absolute Gasteiger partial charge is 0.185 e. The number of ketones is 1. The van der Waals surface area contributed by atoms with Gasteiger partial charge >= 0.3 is 0 Å². The lowest BCUT2D eigenvalue weighted by Gasteiger charge is -2.12. The van der Waals surface area contributed by atoms with Crippen molar-refractivity contribution in [3.05, 3.63) is 65.7 Å². The second-order valence-corrected chi connectivity index (χ2v) is 4.33. The molecule has 0 fully saturated rings. The largest absolute Gasteiger partial charge is 0.872 e. The molecule has 0 aliphatic heterocycles. The van der Waals surface area contributed by atoms with Crippen molar-refractivity contribution >= 4 is 11.5 Å².